The molecule has 4 heteroatoms. The Hall–Kier alpha value is -1.00. The smallest absolute Gasteiger partial charge is 0.273 e. The molecule has 19 heavy (non-hydrogen) atoms. The monoisotopic (exact) mass is 268 g/mol. The van der Waals surface area contributed by atoms with Crippen molar-refractivity contribution in [2.24, 2.45) is 0 Å². The maximum atomic E-state index is 13.5. The second-order valence-electron chi connectivity index (χ2n) is 5.37. The van der Waals surface area contributed by atoms with Gasteiger partial charge in [-0.2, -0.15) is 0 Å². The topological polar surface area (TPSA) is 15.3 Å². The summed E-state index contributed by atoms with van der Waals surface area (Å²) < 4.78 is 27.0. The van der Waals surface area contributed by atoms with E-state index in [9.17, 15) is 8.78 Å². The molecule has 1 aromatic carbocycles. The van der Waals surface area contributed by atoms with Gasteiger partial charge in [0.05, 0.1) is 0 Å². The van der Waals surface area contributed by atoms with Gasteiger partial charge in [-0.25, -0.2) is 8.78 Å². The molecule has 0 radical (unpaired) electrons. The minimum absolute atomic E-state index is 0.118. The minimum atomic E-state index is -2.71. The average molecular weight is 268 g/mol. The lowest BCUT2D eigenvalue weighted by molar-refractivity contribution is -0.00829. The van der Waals surface area contributed by atoms with E-state index in [0.29, 0.717) is 6.04 Å². The van der Waals surface area contributed by atoms with Crippen LogP contribution in [0.25, 0.3) is 0 Å². The van der Waals surface area contributed by atoms with E-state index < -0.39 is 5.92 Å². The summed E-state index contributed by atoms with van der Waals surface area (Å²) in [6.07, 6.45) is 0.740. The van der Waals surface area contributed by atoms with Crippen molar-refractivity contribution < 1.29 is 8.78 Å². The summed E-state index contributed by atoms with van der Waals surface area (Å²) in [4.78, 5) is 2.29. The molecule has 1 atom stereocenters. The SMILES string of the molecule is CCC(F)(F)c1ccc(CC2CN(C)CCN2)cc1. The van der Waals surface area contributed by atoms with Gasteiger partial charge >= 0.3 is 0 Å². The normalized spacial score (nSPS) is 21.6. The number of rotatable bonds is 4. The van der Waals surface area contributed by atoms with Crippen LogP contribution in [0.1, 0.15) is 24.5 Å². The van der Waals surface area contributed by atoms with Crippen LogP contribution in [-0.2, 0) is 12.3 Å². The molecule has 1 unspecified atom stereocenters. The van der Waals surface area contributed by atoms with Gasteiger partial charge < -0.3 is 10.2 Å². The second kappa shape index (κ2) is 5.97. The summed E-state index contributed by atoms with van der Waals surface area (Å²) >= 11 is 0. The van der Waals surface area contributed by atoms with Crippen molar-refractivity contribution in [2.75, 3.05) is 26.7 Å². The van der Waals surface area contributed by atoms with E-state index in [4.69, 9.17) is 0 Å². The highest BCUT2D eigenvalue weighted by Gasteiger charge is 2.28. The fourth-order valence-electron chi connectivity index (χ4n) is 2.50. The minimum Gasteiger partial charge on any atom is -0.311 e. The van der Waals surface area contributed by atoms with Gasteiger partial charge in [0.25, 0.3) is 5.92 Å². The number of piperazine rings is 1. The fourth-order valence-corrected chi connectivity index (χ4v) is 2.50. The first-order valence-electron chi connectivity index (χ1n) is 6.90. The second-order valence-corrected chi connectivity index (χ2v) is 5.37. The van der Waals surface area contributed by atoms with Gasteiger partial charge in [0.1, 0.15) is 0 Å². The first kappa shape index (κ1) is 14.4. The highest BCUT2D eigenvalue weighted by Crippen LogP contribution is 2.31. The van der Waals surface area contributed by atoms with Gasteiger partial charge in [-0.15, -0.1) is 0 Å². The zero-order chi connectivity index (χ0) is 13.9. The molecule has 2 nitrogen and oxygen atoms in total. The molecule has 1 saturated heterocycles. The van der Waals surface area contributed by atoms with Gasteiger partial charge in [-0.3, -0.25) is 0 Å². The number of alkyl halides is 2. The number of halogens is 2. The Morgan fingerprint density at radius 2 is 2.00 bits per heavy atom. The van der Waals surface area contributed by atoms with Crippen LogP contribution in [0, 0.1) is 0 Å². The Labute approximate surface area is 113 Å². The van der Waals surface area contributed by atoms with Gasteiger partial charge in [0, 0.05) is 37.7 Å². The van der Waals surface area contributed by atoms with Gasteiger partial charge in [0.2, 0.25) is 0 Å². The number of benzene rings is 1. The third-order valence-electron chi connectivity index (χ3n) is 3.76. The fraction of sp³-hybridized carbons (Fsp3) is 0.600. The molecule has 0 amide bonds. The van der Waals surface area contributed by atoms with Crippen molar-refractivity contribution in [3.8, 4) is 0 Å². The van der Waals surface area contributed by atoms with E-state index in [2.05, 4.69) is 17.3 Å². The van der Waals surface area contributed by atoms with Gasteiger partial charge in [-0.1, -0.05) is 31.2 Å². The zero-order valence-electron chi connectivity index (χ0n) is 11.6. The van der Waals surface area contributed by atoms with Crippen molar-refractivity contribution >= 4 is 0 Å². The standard InChI is InChI=1S/C15H22F2N2/c1-3-15(16,17)13-6-4-12(5-7-13)10-14-11-19(2)9-8-18-14/h4-7,14,18H,3,8-11H2,1-2H3. The molecule has 1 heterocycles. The lowest BCUT2D eigenvalue weighted by Gasteiger charge is -2.31. The molecule has 1 N–H and O–H groups in total. The van der Waals surface area contributed by atoms with Crippen LogP contribution < -0.4 is 5.32 Å². The van der Waals surface area contributed by atoms with Crippen LogP contribution in [0.4, 0.5) is 8.78 Å². The van der Waals surface area contributed by atoms with E-state index >= 15 is 0 Å². The first-order chi connectivity index (χ1) is 9.01. The van der Waals surface area contributed by atoms with Crippen molar-refractivity contribution in [3.05, 3.63) is 35.4 Å². The Balaban J connectivity index is 1.99. The molecule has 106 valence electrons. The molecule has 1 aromatic rings. The van der Waals surface area contributed by atoms with E-state index in [1.165, 1.54) is 6.92 Å². The van der Waals surface area contributed by atoms with Crippen LogP contribution >= 0.6 is 0 Å². The molecular weight excluding hydrogens is 246 g/mol. The number of hydrogen-bond donors (Lipinski definition) is 1. The lowest BCUT2D eigenvalue weighted by Crippen LogP contribution is -2.49. The summed E-state index contributed by atoms with van der Waals surface area (Å²) in [5.74, 6) is -2.71. The van der Waals surface area contributed by atoms with E-state index in [-0.39, 0.29) is 12.0 Å². The van der Waals surface area contributed by atoms with Crippen molar-refractivity contribution in [1.82, 2.24) is 10.2 Å². The summed E-state index contributed by atoms with van der Waals surface area (Å²) in [5, 5.41) is 3.46. The quantitative estimate of drug-likeness (QED) is 0.903. The molecule has 0 aromatic heterocycles. The predicted octanol–water partition coefficient (Wildman–Crippen LogP) is 2.63. The van der Waals surface area contributed by atoms with Crippen molar-refractivity contribution in [2.45, 2.75) is 31.7 Å². The van der Waals surface area contributed by atoms with Crippen LogP contribution in [0.3, 0.4) is 0 Å². The largest absolute Gasteiger partial charge is 0.311 e. The zero-order valence-corrected chi connectivity index (χ0v) is 11.6. The van der Waals surface area contributed by atoms with Crippen LogP contribution in [0.5, 0.6) is 0 Å². The number of hydrogen-bond acceptors (Lipinski definition) is 2. The third kappa shape index (κ3) is 3.74. The van der Waals surface area contributed by atoms with E-state index in [0.717, 1.165) is 31.6 Å². The molecule has 0 bridgehead atoms. The van der Waals surface area contributed by atoms with E-state index in [1.807, 2.05) is 12.1 Å². The molecule has 0 saturated carbocycles. The average Bonchev–Trinajstić information content (AvgIpc) is 2.39. The first-order valence-corrected chi connectivity index (χ1v) is 6.90. The Morgan fingerprint density at radius 1 is 1.32 bits per heavy atom. The lowest BCUT2D eigenvalue weighted by atomic mass is 10.00. The summed E-state index contributed by atoms with van der Waals surface area (Å²) in [6, 6.07) is 7.19. The molecule has 1 fully saturated rings. The summed E-state index contributed by atoms with van der Waals surface area (Å²) in [6.45, 7) is 4.58. The summed E-state index contributed by atoms with van der Waals surface area (Å²) in [5.41, 5.74) is 1.23. The van der Waals surface area contributed by atoms with E-state index in [1.54, 1.807) is 12.1 Å². The van der Waals surface area contributed by atoms with Crippen LogP contribution in [0.2, 0.25) is 0 Å². The maximum Gasteiger partial charge on any atom is 0.273 e. The van der Waals surface area contributed by atoms with Crippen molar-refractivity contribution in [1.29, 1.82) is 0 Å². The number of likely N-dealkylation sites (N-methyl/N-ethyl adjacent to an activating group) is 1. The van der Waals surface area contributed by atoms with Crippen molar-refractivity contribution in [3.63, 3.8) is 0 Å². The molecule has 0 aliphatic carbocycles. The van der Waals surface area contributed by atoms with Gasteiger partial charge in [0.15, 0.2) is 0 Å². The molecule has 0 spiro atoms. The Bertz CT molecular complexity index is 403. The molecule has 2 rings (SSSR count). The Kier molecular flexibility index (Phi) is 4.53. The molecule has 1 aliphatic rings. The summed E-state index contributed by atoms with van der Waals surface area (Å²) in [7, 11) is 2.11. The Morgan fingerprint density at radius 3 is 2.58 bits per heavy atom. The van der Waals surface area contributed by atoms with Crippen LogP contribution in [0.15, 0.2) is 24.3 Å². The predicted molar refractivity (Wildman–Crippen MR) is 73.6 cm³/mol. The molecule has 1 aliphatic heterocycles. The van der Waals surface area contributed by atoms with Crippen LogP contribution in [-0.4, -0.2) is 37.6 Å². The number of nitrogens with zero attached hydrogens (tertiary/aromatic N) is 1. The maximum absolute atomic E-state index is 13.5. The highest BCUT2D eigenvalue weighted by molar-refractivity contribution is 5.26. The molecular formula is C15H22F2N2. The third-order valence-corrected chi connectivity index (χ3v) is 3.76. The van der Waals surface area contributed by atoms with Gasteiger partial charge in [-0.05, 0) is 19.0 Å². The highest BCUT2D eigenvalue weighted by atomic mass is 19.3. The number of nitrogens with one attached hydrogen (secondary N) is 1.